The Hall–Kier alpha value is -3.28. The van der Waals surface area contributed by atoms with Crippen molar-refractivity contribution in [3.8, 4) is 5.69 Å². The normalized spacial score (nSPS) is 23.6. The lowest BCUT2D eigenvalue weighted by atomic mass is 10.1. The molecule has 3 atom stereocenters. The van der Waals surface area contributed by atoms with Gasteiger partial charge in [-0.15, -0.1) is 0 Å². The van der Waals surface area contributed by atoms with Gasteiger partial charge in [-0.3, -0.25) is 14.7 Å². The fourth-order valence-corrected chi connectivity index (χ4v) is 5.33. The summed E-state index contributed by atoms with van der Waals surface area (Å²) in [5.74, 6) is 1.44. The molecule has 198 valence electrons. The van der Waals surface area contributed by atoms with Gasteiger partial charge >= 0.3 is 11.7 Å². The summed E-state index contributed by atoms with van der Waals surface area (Å²) >= 11 is 0. The largest absolute Gasteiger partial charge is 0.354 e. The Morgan fingerprint density at radius 2 is 1.65 bits per heavy atom. The van der Waals surface area contributed by atoms with Crippen LogP contribution in [0.3, 0.4) is 0 Å². The van der Waals surface area contributed by atoms with Crippen LogP contribution in [0.4, 0.5) is 10.6 Å². The number of nitrogens with two attached hydrogens (primary N) is 2. The maximum atomic E-state index is 12.7. The summed E-state index contributed by atoms with van der Waals surface area (Å²) in [6.45, 7) is 8.15. The van der Waals surface area contributed by atoms with Crippen molar-refractivity contribution in [1.82, 2.24) is 24.3 Å². The molecule has 5 rings (SSSR count). The smallest absolute Gasteiger partial charge is 0.338 e. The van der Waals surface area contributed by atoms with Crippen LogP contribution in [0.15, 0.2) is 41.3 Å². The molecule has 3 fully saturated rings. The van der Waals surface area contributed by atoms with E-state index in [4.69, 9.17) is 11.5 Å². The fourth-order valence-electron chi connectivity index (χ4n) is 5.33. The van der Waals surface area contributed by atoms with Crippen molar-refractivity contribution >= 4 is 17.8 Å². The number of benzene rings is 1. The van der Waals surface area contributed by atoms with Crippen molar-refractivity contribution in [2.45, 2.75) is 31.8 Å². The molecule has 0 spiro atoms. The molecule has 3 amide bonds. The molecule has 2 saturated heterocycles. The Kier molecular flexibility index (Phi) is 6.78. The number of piperazine rings is 1. The van der Waals surface area contributed by atoms with Gasteiger partial charge in [-0.25, -0.2) is 9.59 Å². The summed E-state index contributed by atoms with van der Waals surface area (Å²) in [7, 11) is 0. The number of aromatic nitrogens is 2. The monoisotopic (exact) mass is 508 g/mol. The van der Waals surface area contributed by atoms with Gasteiger partial charge in [-0.05, 0) is 55.9 Å². The number of nitrogens with zero attached hydrogens (tertiary/aromatic N) is 5. The van der Waals surface area contributed by atoms with Crippen LogP contribution in [0, 0.1) is 11.8 Å². The third-order valence-electron chi connectivity index (χ3n) is 7.71. The molecule has 5 N–H and O–H groups in total. The minimum absolute atomic E-state index is 0.140. The lowest BCUT2D eigenvalue weighted by molar-refractivity contribution is -0.137. The number of piperidine rings is 1. The van der Waals surface area contributed by atoms with Crippen LogP contribution in [-0.2, 0) is 11.2 Å². The SMILES string of the molecule is CC(C)(N)C(=O)N1CCN(C(=O)Nc2ccn(-c3ccc(CCN4CC5C(N)[C@@H]5C4)cc3)c(=O)n2)CC1. The zero-order chi connectivity index (χ0) is 26.3. The minimum atomic E-state index is -0.943. The highest BCUT2D eigenvalue weighted by Gasteiger charge is 2.53. The Bertz CT molecular complexity index is 1200. The van der Waals surface area contributed by atoms with Crippen molar-refractivity contribution in [2.75, 3.05) is 51.1 Å². The highest BCUT2D eigenvalue weighted by molar-refractivity contribution is 5.89. The van der Waals surface area contributed by atoms with Crippen LogP contribution in [0.2, 0.25) is 0 Å². The predicted molar refractivity (Wildman–Crippen MR) is 140 cm³/mol. The molecular weight excluding hydrogens is 472 g/mol. The van der Waals surface area contributed by atoms with Crippen molar-refractivity contribution in [2.24, 2.45) is 23.3 Å². The Balaban J connectivity index is 1.13. The van der Waals surface area contributed by atoms with Crippen LogP contribution in [0.5, 0.6) is 0 Å². The zero-order valence-corrected chi connectivity index (χ0v) is 21.5. The molecule has 1 saturated carbocycles. The predicted octanol–water partition coefficient (Wildman–Crippen LogP) is 0.0773. The second-order valence-corrected chi connectivity index (χ2v) is 11.0. The van der Waals surface area contributed by atoms with Crippen molar-refractivity contribution < 1.29 is 9.59 Å². The van der Waals surface area contributed by atoms with E-state index in [1.807, 2.05) is 24.3 Å². The van der Waals surface area contributed by atoms with E-state index in [-0.39, 0.29) is 17.8 Å². The van der Waals surface area contributed by atoms with E-state index < -0.39 is 11.2 Å². The van der Waals surface area contributed by atoms with Crippen LogP contribution >= 0.6 is 0 Å². The molecule has 11 nitrogen and oxygen atoms in total. The number of amides is 3. The second-order valence-electron chi connectivity index (χ2n) is 11.0. The zero-order valence-electron chi connectivity index (χ0n) is 21.5. The Morgan fingerprint density at radius 3 is 2.24 bits per heavy atom. The second kappa shape index (κ2) is 9.88. The highest BCUT2D eigenvalue weighted by atomic mass is 16.2. The molecule has 1 aliphatic carbocycles. The lowest BCUT2D eigenvalue weighted by Crippen LogP contribution is -2.58. The van der Waals surface area contributed by atoms with Crippen LogP contribution in [0.25, 0.3) is 5.69 Å². The van der Waals surface area contributed by atoms with E-state index in [0.29, 0.717) is 44.1 Å². The summed E-state index contributed by atoms with van der Waals surface area (Å²) < 4.78 is 1.45. The standard InChI is InChI=1S/C26H36N8O3/c1-26(2,28)23(35)32-11-13-33(14-12-32)24(36)29-21-8-10-34(25(37)30-21)18-5-3-17(4-6-18)7-9-31-15-19-20(16-31)22(19)27/h3-6,8,10,19-20,22H,7,9,11-16,27-28H2,1-2H3,(H,29,30,36,37)/t19-,20?,22?/m1/s1. The first-order chi connectivity index (χ1) is 17.6. The van der Waals surface area contributed by atoms with Crippen LogP contribution in [-0.4, -0.2) is 93.6 Å². The van der Waals surface area contributed by atoms with Gasteiger partial charge in [-0.2, -0.15) is 4.98 Å². The Morgan fingerprint density at radius 1 is 1.03 bits per heavy atom. The van der Waals surface area contributed by atoms with E-state index in [9.17, 15) is 14.4 Å². The van der Waals surface area contributed by atoms with E-state index in [1.54, 1.807) is 35.9 Å². The molecule has 2 aliphatic heterocycles. The van der Waals surface area contributed by atoms with E-state index in [1.165, 1.54) is 10.1 Å². The topological polar surface area (TPSA) is 143 Å². The van der Waals surface area contributed by atoms with E-state index in [0.717, 1.165) is 31.7 Å². The summed E-state index contributed by atoms with van der Waals surface area (Å²) in [5, 5.41) is 2.69. The number of hydrogen-bond acceptors (Lipinski definition) is 7. The number of fused-ring (bicyclic) bond motifs is 1. The van der Waals surface area contributed by atoms with Crippen molar-refractivity contribution in [3.05, 3.63) is 52.6 Å². The average molecular weight is 509 g/mol. The molecule has 0 bridgehead atoms. The molecule has 2 aromatic rings. The van der Waals surface area contributed by atoms with Gasteiger partial charge in [0, 0.05) is 58.1 Å². The first-order valence-electron chi connectivity index (χ1n) is 12.9. The number of likely N-dealkylation sites (tertiary alicyclic amines) is 1. The number of urea groups is 1. The van der Waals surface area contributed by atoms with Gasteiger partial charge in [0.1, 0.15) is 5.82 Å². The molecule has 3 heterocycles. The third kappa shape index (κ3) is 5.53. The van der Waals surface area contributed by atoms with Crippen molar-refractivity contribution in [3.63, 3.8) is 0 Å². The lowest BCUT2D eigenvalue weighted by Gasteiger charge is -2.37. The molecule has 0 radical (unpaired) electrons. The third-order valence-corrected chi connectivity index (χ3v) is 7.71. The number of nitrogens with one attached hydrogen (secondary N) is 1. The maximum absolute atomic E-state index is 12.7. The maximum Gasteiger partial charge on any atom is 0.354 e. The molecule has 3 aliphatic rings. The number of anilines is 1. The summed E-state index contributed by atoms with van der Waals surface area (Å²) in [6, 6.07) is 9.57. The summed E-state index contributed by atoms with van der Waals surface area (Å²) in [6.07, 6.45) is 2.57. The van der Waals surface area contributed by atoms with Crippen molar-refractivity contribution in [1.29, 1.82) is 0 Å². The first kappa shape index (κ1) is 25.4. The molecular formula is C26H36N8O3. The number of carbonyl (C=O) groups excluding carboxylic acids is 2. The van der Waals surface area contributed by atoms with Gasteiger partial charge < -0.3 is 26.2 Å². The quantitative estimate of drug-likeness (QED) is 0.501. The van der Waals surface area contributed by atoms with Gasteiger partial charge in [0.15, 0.2) is 0 Å². The van der Waals surface area contributed by atoms with Gasteiger partial charge in [-0.1, -0.05) is 12.1 Å². The molecule has 1 aromatic carbocycles. The Labute approximate surface area is 216 Å². The van der Waals surface area contributed by atoms with Crippen LogP contribution < -0.4 is 22.5 Å². The van der Waals surface area contributed by atoms with Gasteiger partial charge in [0.25, 0.3) is 0 Å². The number of hydrogen-bond donors (Lipinski definition) is 3. The van der Waals surface area contributed by atoms with Crippen LogP contribution in [0.1, 0.15) is 19.4 Å². The minimum Gasteiger partial charge on any atom is -0.338 e. The van der Waals surface area contributed by atoms with E-state index in [2.05, 4.69) is 15.2 Å². The fraction of sp³-hybridized carbons (Fsp3) is 0.538. The van der Waals surface area contributed by atoms with Gasteiger partial charge in [0.2, 0.25) is 5.91 Å². The molecule has 11 heteroatoms. The summed E-state index contributed by atoms with van der Waals surface area (Å²) in [5.41, 5.74) is 12.4. The first-order valence-corrected chi connectivity index (χ1v) is 12.9. The summed E-state index contributed by atoms with van der Waals surface area (Å²) in [4.78, 5) is 47.4. The van der Waals surface area contributed by atoms with E-state index >= 15 is 0 Å². The average Bonchev–Trinajstić information content (AvgIpc) is 3.25. The number of carbonyl (C=O) groups is 2. The number of rotatable bonds is 6. The highest BCUT2D eigenvalue weighted by Crippen LogP contribution is 2.43. The molecule has 37 heavy (non-hydrogen) atoms. The molecule has 2 unspecified atom stereocenters. The van der Waals surface area contributed by atoms with Gasteiger partial charge in [0.05, 0.1) is 11.2 Å². The molecule has 1 aromatic heterocycles.